The maximum absolute atomic E-state index is 9.55. The van der Waals surface area contributed by atoms with Gasteiger partial charge in [0.05, 0.1) is 6.07 Å². The molecule has 1 heterocycles. The lowest BCUT2D eigenvalue weighted by Gasteiger charge is -2.33. The summed E-state index contributed by atoms with van der Waals surface area (Å²) in [5.41, 5.74) is -0.187. The van der Waals surface area contributed by atoms with E-state index in [9.17, 15) is 5.26 Å². The third-order valence-corrected chi connectivity index (χ3v) is 5.68. The van der Waals surface area contributed by atoms with Crippen molar-refractivity contribution in [3.8, 4) is 6.07 Å². The van der Waals surface area contributed by atoms with Gasteiger partial charge in [-0.3, -0.25) is 10.2 Å². The molecule has 3 nitrogen and oxygen atoms in total. The standard InChI is InChI=1S/C15H23N3/c16-10-15(17-12-2-3-12)6-5-14(8-15)18-9-11-1-4-13(18)7-11/h11-14,17H,1-9H2. The van der Waals surface area contributed by atoms with E-state index in [1.807, 2.05) is 0 Å². The van der Waals surface area contributed by atoms with E-state index in [1.165, 1.54) is 45.1 Å². The number of nitrogens with one attached hydrogen (secondary N) is 1. The molecule has 3 saturated carbocycles. The zero-order valence-electron chi connectivity index (χ0n) is 11.1. The van der Waals surface area contributed by atoms with Crippen molar-refractivity contribution in [1.82, 2.24) is 10.2 Å². The van der Waals surface area contributed by atoms with Crippen molar-refractivity contribution >= 4 is 0 Å². The van der Waals surface area contributed by atoms with Gasteiger partial charge in [0.1, 0.15) is 5.54 Å². The highest BCUT2D eigenvalue weighted by molar-refractivity contribution is 5.16. The molecule has 1 saturated heterocycles. The number of nitrogens with zero attached hydrogens (tertiary/aromatic N) is 2. The molecule has 0 aromatic carbocycles. The minimum atomic E-state index is -0.187. The van der Waals surface area contributed by atoms with Gasteiger partial charge < -0.3 is 0 Å². The summed E-state index contributed by atoms with van der Waals surface area (Å²) in [5, 5.41) is 13.2. The second-order valence-electron chi connectivity index (χ2n) is 7.04. The Morgan fingerprint density at radius 1 is 1.11 bits per heavy atom. The van der Waals surface area contributed by atoms with Crippen molar-refractivity contribution in [2.75, 3.05) is 6.54 Å². The largest absolute Gasteiger partial charge is 0.297 e. The smallest absolute Gasteiger partial charge is 0.108 e. The van der Waals surface area contributed by atoms with Crippen LogP contribution < -0.4 is 5.32 Å². The van der Waals surface area contributed by atoms with E-state index in [2.05, 4.69) is 16.3 Å². The van der Waals surface area contributed by atoms with E-state index in [4.69, 9.17) is 0 Å². The van der Waals surface area contributed by atoms with Crippen LogP contribution in [0.2, 0.25) is 0 Å². The first kappa shape index (κ1) is 11.3. The SMILES string of the molecule is N#CC1(NC2CC2)CCC(N2CC3CCC2C3)C1. The lowest BCUT2D eigenvalue weighted by atomic mass is 9.98. The van der Waals surface area contributed by atoms with Crippen molar-refractivity contribution in [3.63, 3.8) is 0 Å². The third-order valence-electron chi connectivity index (χ3n) is 5.68. The summed E-state index contributed by atoms with van der Waals surface area (Å²) in [4.78, 5) is 2.75. The molecule has 4 aliphatic rings. The predicted molar refractivity (Wildman–Crippen MR) is 70.0 cm³/mol. The Balaban J connectivity index is 1.44. The Bertz CT molecular complexity index is 384. The zero-order valence-corrected chi connectivity index (χ0v) is 11.1. The minimum absolute atomic E-state index is 0.187. The van der Waals surface area contributed by atoms with Gasteiger partial charge in [-0.2, -0.15) is 5.26 Å². The Labute approximate surface area is 110 Å². The van der Waals surface area contributed by atoms with Crippen molar-refractivity contribution in [3.05, 3.63) is 0 Å². The summed E-state index contributed by atoms with van der Waals surface area (Å²) in [6, 6.07) is 4.80. The van der Waals surface area contributed by atoms with Gasteiger partial charge in [0.2, 0.25) is 0 Å². The predicted octanol–water partition coefficient (Wildman–Crippen LogP) is 2.04. The molecule has 4 unspecified atom stereocenters. The second kappa shape index (κ2) is 3.95. The highest BCUT2D eigenvalue weighted by Gasteiger charge is 2.48. The molecule has 18 heavy (non-hydrogen) atoms. The van der Waals surface area contributed by atoms with Crippen molar-refractivity contribution < 1.29 is 0 Å². The van der Waals surface area contributed by atoms with Gasteiger partial charge >= 0.3 is 0 Å². The molecule has 0 radical (unpaired) electrons. The van der Waals surface area contributed by atoms with Crippen LogP contribution in [0.1, 0.15) is 51.4 Å². The molecule has 1 N–H and O–H groups in total. The Hall–Kier alpha value is -0.590. The molecule has 0 aromatic rings. The molecular weight excluding hydrogens is 222 g/mol. The van der Waals surface area contributed by atoms with Gasteiger partial charge in [-0.1, -0.05) is 0 Å². The lowest BCUT2D eigenvalue weighted by molar-refractivity contribution is 0.146. The van der Waals surface area contributed by atoms with E-state index in [1.54, 1.807) is 0 Å². The van der Waals surface area contributed by atoms with E-state index < -0.39 is 0 Å². The average Bonchev–Trinajstić information content (AvgIpc) is 2.84. The second-order valence-corrected chi connectivity index (χ2v) is 7.04. The highest BCUT2D eigenvalue weighted by atomic mass is 15.2. The maximum atomic E-state index is 9.55. The summed E-state index contributed by atoms with van der Waals surface area (Å²) in [6.45, 7) is 1.32. The number of piperidine rings is 1. The maximum Gasteiger partial charge on any atom is 0.108 e. The molecule has 3 heteroatoms. The van der Waals surface area contributed by atoms with Crippen LogP contribution in [-0.2, 0) is 0 Å². The molecular formula is C15H23N3. The van der Waals surface area contributed by atoms with E-state index in [0.717, 1.165) is 24.8 Å². The van der Waals surface area contributed by atoms with Crippen LogP contribution in [-0.4, -0.2) is 35.1 Å². The Morgan fingerprint density at radius 3 is 2.61 bits per heavy atom. The molecule has 2 bridgehead atoms. The first-order valence-electron chi connectivity index (χ1n) is 7.73. The fourth-order valence-electron chi connectivity index (χ4n) is 4.60. The summed E-state index contributed by atoms with van der Waals surface area (Å²) in [5.74, 6) is 0.975. The number of rotatable bonds is 3. The topological polar surface area (TPSA) is 39.1 Å². The fraction of sp³-hybridized carbons (Fsp3) is 0.933. The van der Waals surface area contributed by atoms with Crippen LogP contribution in [0.5, 0.6) is 0 Å². The fourth-order valence-corrected chi connectivity index (χ4v) is 4.60. The first-order valence-corrected chi connectivity index (χ1v) is 7.73. The lowest BCUT2D eigenvalue weighted by Crippen LogP contribution is -2.46. The number of likely N-dealkylation sites (tertiary alicyclic amines) is 1. The van der Waals surface area contributed by atoms with Crippen LogP contribution in [0.4, 0.5) is 0 Å². The normalized spacial score (nSPS) is 47.6. The van der Waals surface area contributed by atoms with Crippen LogP contribution >= 0.6 is 0 Å². The first-order chi connectivity index (χ1) is 8.78. The van der Waals surface area contributed by atoms with Gasteiger partial charge in [0.25, 0.3) is 0 Å². The Kier molecular flexibility index (Phi) is 2.47. The average molecular weight is 245 g/mol. The van der Waals surface area contributed by atoms with Crippen LogP contribution in [0, 0.1) is 17.2 Å². The van der Waals surface area contributed by atoms with E-state index in [-0.39, 0.29) is 5.54 Å². The Morgan fingerprint density at radius 2 is 2.00 bits per heavy atom. The molecule has 4 atom stereocenters. The number of fused-ring (bicyclic) bond motifs is 2. The molecule has 0 amide bonds. The highest BCUT2D eigenvalue weighted by Crippen LogP contribution is 2.44. The van der Waals surface area contributed by atoms with Crippen molar-refractivity contribution in [2.45, 2.75) is 75.0 Å². The number of hydrogen-bond donors (Lipinski definition) is 1. The molecule has 4 fully saturated rings. The third kappa shape index (κ3) is 1.78. The summed E-state index contributed by atoms with van der Waals surface area (Å²) >= 11 is 0. The quantitative estimate of drug-likeness (QED) is 0.827. The van der Waals surface area contributed by atoms with Crippen molar-refractivity contribution in [1.29, 1.82) is 5.26 Å². The molecule has 3 aliphatic carbocycles. The van der Waals surface area contributed by atoms with Crippen LogP contribution in [0.3, 0.4) is 0 Å². The summed E-state index contributed by atoms with van der Waals surface area (Å²) in [6.07, 6.45) is 10.2. The van der Waals surface area contributed by atoms with Gasteiger partial charge in [-0.05, 0) is 57.3 Å². The minimum Gasteiger partial charge on any atom is -0.297 e. The summed E-state index contributed by atoms with van der Waals surface area (Å²) in [7, 11) is 0. The number of nitriles is 1. The zero-order chi connectivity index (χ0) is 12.2. The van der Waals surface area contributed by atoms with E-state index >= 15 is 0 Å². The molecule has 98 valence electrons. The van der Waals surface area contributed by atoms with Gasteiger partial charge in [0.15, 0.2) is 0 Å². The van der Waals surface area contributed by atoms with E-state index in [0.29, 0.717) is 12.1 Å². The van der Waals surface area contributed by atoms with Gasteiger partial charge in [-0.25, -0.2) is 0 Å². The molecule has 1 aliphatic heterocycles. The molecule has 0 spiro atoms. The van der Waals surface area contributed by atoms with Gasteiger partial charge in [0, 0.05) is 24.7 Å². The van der Waals surface area contributed by atoms with Gasteiger partial charge in [-0.15, -0.1) is 0 Å². The monoisotopic (exact) mass is 245 g/mol. The van der Waals surface area contributed by atoms with Crippen LogP contribution in [0.15, 0.2) is 0 Å². The molecule has 0 aromatic heterocycles. The van der Waals surface area contributed by atoms with Crippen LogP contribution in [0.25, 0.3) is 0 Å². The molecule has 4 rings (SSSR count). The van der Waals surface area contributed by atoms with Crippen molar-refractivity contribution in [2.24, 2.45) is 5.92 Å². The number of hydrogen-bond acceptors (Lipinski definition) is 3. The summed E-state index contributed by atoms with van der Waals surface area (Å²) < 4.78 is 0.